The largest absolute Gasteiger partial charge is 0.328 e. The van der Waals surface area contributed by atoms with Crippen molar-refractivity contribution in [3.8, 4) is 0 Å². The molecule has 1 N–H and O–H groups in total. The standard InChI is InChI=1S/C16H17N5OS/c1-2-23-16-19-15-18-10-7-5-8-12(22)13(10)14(21(15)20-16)11-6-3-4-9-17-11/h3-4,6,9,14H,2,5,7-8H2,1H3,(H,18,19,20). The number of hydrogen-bond donors (Lipinski definition) is 1. The van der Waals surface area contributed by atoms with E-state index in [1.807, 2.05) is 22.9 Å². The molecule has 2 aromatic heterocycles. The van der Waals surface area contributed by atoms with Crippen LogP contribution in [0, 0.1) is 0 Å². The number of allylic oxidation sites excluding steroid dienone is 2. The number of pyridine rings is 1. The van der Waals surface area contributed by atoms with Crippen molar-refractivity contribution in [3.63, 3.8) is 0 Å². The van der Waals surface area contributed by atoms with Gasteiger partial charge in [0.15, 0.2) is 5.78 Å². The van der Waals surface area contributed by atoms with Crippen LogP contribution in [0.25, 0.3) is 0 Å². The van der Waals surface area contributed by atoms with Crippen molar-refractivity contribution < 1.29 is 4.79 Å². The van der Waals surface area contributed by atoms with Gasteiger partial charge in [-0.3, -0.25) is 9.78 Å². The fourth-order valence-corrected chi connectivity index (χ4v) is 3.69. The summed E-state index contributed by atoms with van der Waals surface area (Å²) in [5.74, 6) is 1.79. The van der Waals surface area contributed by atoms with Crippen molar-refractivity contribution in [1.82, 2.24) is 19.7 Å². The van der Waals surface area contributed by atoms with E-state index in [0.717, 1.165) is 40.7 Å². The predicted octanol–water partition coefficient (Wildman–Crippen LogP) is 2.81. The van der Waals surface area contributed by atoms with Crippen LogP contribution in [0.3, 0.4) is 0 Å². The lowest BCUT2D eigenvalue weighted by molar-refractivity contribution is -0.116. The van der Waals surface area contributed by atoms with Gasteiger partial charge in [-0.15, -0.1) is 5.10 Å². The molecule has 1 atom stereocenters. The van der Waals surface area contributed by atoms with Gasteiger partial charge in [0.25, 0.3) is 0 Å². The zero-order chi connectivity index (χ0) is 15.8. The molecule has 2 aliphatic rings. The molecule has 0 saturated carbocycles. The zero-order valence-electron chi connectivity index (χ0n) is 12.8. The van der Waals surface area contributed by atoms with Crippen LogP contribution in [0.1, 0.15) is 37.9 Å². The molecule has 4 rings (SSSR count). The minimum absolute atomic E-state index is 0.181. The van der Waals surface area contributed by atoms with Gasteiger partial charge < -0.3 is 5.32 Å². The van der Waals surface area contributed by atoms with Gasteiger partial charge in [-0.05, 0) is 30.7 Å². The van der Waals surface area contributed by atoms with Crippen LogP contribution in [0.2, 0.25) is 0 Å². The molecule has 0 aromatic carbocycles. The number of nitrogens with zero attached hydrogens (tertiary/aromatic N) is 4. The first-order valence-electron chi connectivity index (χ1n) is 7.81. The smallest absolute Gasteiger partial charge is 0.227 e. The van der Waals surface area contributed by atoms with Crippen LogP contribution in [0.4, 0.5) is 5.95 Å². The molecular formula is C16H17N5OS. The molecule has 0 bridgehead atoms. The Morgan fingerprint density at radius 3 is 3.09 bits per heavy atom. The first kappa shape index (κ1) is 14.4. The number of Topliss-reactive ketones (excluding diaryl/α,β-unsaturated/α-hetero) is 1. The lowest BCUT2D eigenvalue weighted by atomic mass is 9.87. The third kappa shape index (κ3) is 2.45. The number of hydrogen-bond acceptors (Lipinski definition) is 6. The molecular weight excluding hydrogens is 310 g/mol. The first-order valence-corrected chi connectivity index (χ1v) is 8.80. The van der Waals surface area contributed by atoms with Crippen molar-refractivity contribution in [1.29, 1.82) is 0 Å². The highest BCUT2D eigenvalue weighted by molar-refractivity contribution is 7.99. The molecule has 6 nitrogen and oxygen atoms in total. The number of aromatic nitrogens is 4. The van der Waals surface area contributed by atoms with Crippen LogP contribution in [-0.4, -0.2) is 31.3 Å². The Hall–Kier alpha value is -2.15. The molecule has 1 aliphatic heterocycles. The molecule has 118 valence electrons. The fraction of sp³-hybridized carbons (Fsp3) is 0.375. The molecule has 0 amide bonds. The summed E-state index contributed by atoms with van der Waals surface area (Å²) < 4.78 is 1.81. The second kappa shape index (κ2) is 5.81. The number of thioether (sulfide) groups is 1. The molecule has 0 fully saturated rings. The minimum Gasteiger partial charge on any atom is -0.328 e. The van der Waals surface area contributed by atoms with Gasteiger partial charge in [0.05, 0.1) is 5.69 Å². The fourth-order valence-electron chi connectivity index (χ4n) is 3.14. The molecule has 3 heterocycles. The lowest BCUT2D eigenvalue weighted by Crippen LogP contribution is -2.32. The van der Waals surface area contributed by atoms with Gasteiger partial charge in [-0.1, -0.05) is 24.8 Å². The first-order chi connectivity index (χ1) is 11.3. The molecule has 0 spiro atoms. The van der Waals surface area contributed by atoms with E-state index in [9.17, 15) is 4.79 Å². The summed E-state index contributed by atoms with van der Waals surface area (Å²) in [5.41, 5.74) is 2.60. The van der Waals surface area contributed by atoms with Crippen LogP contribution >= 0.6 is 11.8 Å². The Balaban J connectivity index is 1.87. The highest BCUT2D eigenvalue weighted by Gasteiger charge is 2.37. The van der Waals surface area contributed by atoms with Gasteiger partial charge in [0.2, 0.25) is 11.1 Å². The van der Waals surface area contributed by atoms with Crippen molar-refractivity contribution in [2.75, 3.05) is 11.1 Å². The summed E-state index contributed by atoms with van der Waals surface area (Å²) in [6.45, 7) is 2.07. The van der Waals surface area contributed by atoms with Crippen molar-refractivity contribution >= 4 is 23.5 Å². The van der Waals surface area contributed by atoms with Gasteiger partial charge >= 0.3 is 0 Å². The minimum atomic E-state index is -0.283. The van der Waals surface area contributed by atoms with Crippen LogP contribution < -0.4 is 5.32 Å². The van der Waals surface area contributed by atoms with E-state index >= 15 is 0 Å². The summed E-state index contributed by atoms with van der Waals surface area (Å²) in [6.07, 6.45) is 4.09. The van der Waals surface area contributed by atoms with E-state index < -0.39 is 0 Å². The number of anilines is 1. The molecule has 7 heteroatoms. The number of nitrogens with one attached hydrogen (secondary N) is 1. The lowest BCUT2D eigenvalue weighted by Gasteiger charge is -2.31. The summed E-state index contributed by atoms with van der Waals surface area (Å²) in [7, 11) is 0. The third-order valence-corrected chi connectivity index (χ3v) is 4.81. The van der Waals surface area contributed by atoms with Crippen molar-refractivity contribution in [2.24, 2.45) is 0 Å². The monoisotopic (exact) mass is 327 g/mol. The predicted molar refractivity (Wildman–Crippen MR) is 88.3 cm³/mol. The van der Waals surface area contributed by atoms with E-state index in [0.29, 0.717) is 12.4 Å². The highest BCUT2D eigenvalue weighted by Crippen LogP contribution is 2.39. The maximum atomic E-state index is 12.6. The molecule has 0 radical (unpaired) electrons. The van der Waals surface area contributed by atoms with E-state index in [-0.39, 0.29) is 11.8 Å². The zero-order valence-corrected chi connectivity index (χ0v) is 13.6. The Morgan fingerprint density at radius 2 is 2.30 bits per heavy atom. The normalized spacial score (nSPS) is 20.0. The Labute approximate surface area is 138 Å². The molecule has 23 heavy (non-hydrogen) atoms. The van der Waals surface area contributed by atoms with Gasteiger partial charge in [0, 0.05) is 23.9 Å². The topological polar surface area (TPSA) is 72.7 Å². The number of carbonyl (C=O) groups excluding carboxylic acids is 1. The van der Waals surface area contributed by atoms with Crippen molar-refractivity contribution in [2.45, 2.75) is 37.4 Å². The van der Waals surface area contributed by atoms with E-state index in [1.165, 1.54) is 0 Å². The Kier molecular flexibility index (Phi) is 3.65. The van der Waals surface area contributed by atoms with Crippen LogP contribution in [0.5, 0.6) is 0 Å². The molecule has 1 aliphatic carbocycles. The van der Waals surface area contributed by atoms with E-state index in [2.05, 4.69) is 27.3 Å². The number of carbonyl (C=O) groups is 1. The summed E-state index contributed by atoms with van der Waals surface area (Å²) in [5, 5.41) is 8.64. The average Bonchev–Trinajstić information content (AvgIpc) is 2.96. The quantitative estimate of drug-likeness (QED) is 0.874. The van der Waals surface area contributed by atoms with Gasteiger partial charge in [0.1, 0.15) is 6.04 Å². The number of ketones is 1. The second-order valence-corrected chi connectivity index (χ2v) is 6.78. The number of fused-ring (bicyclic) bond motifs is 1. The third-order valence-electron chi connectivity index (χ3n) is 4.09. The highest BCUT2D eigenvalue weighted by atomic mass is 32.2. The second-order valence-electron chi connectivity index (χ2n) is 5.55. The number of rotatable bonds is 3. The van der Waals surface area contributed by atoms with Crippen molar-refractivity contribution in [3.05, 3.63) is 41.4 Å². The Bertz CT molecular complexity index is 783. The van der Waals surface area contributed by atoms with E-state index in [4.69, 9.17) is 0 Å². The van der Waals surface area contributed by atoms with Crippen LogP contribution in [-0.2, 0) is 4.79 Å². The maximum Gasteiger partial charge on any atom is 0.227 e. The maximum absolute atomic E-state index is 12.6. The average molecular weight is 327 g/mol. The molecule has 2 aromatic rings. The van der Waals surface area contributed by atoms with Gasteiger partial charge in [-0.2, -0.15) is 4.98 Å². The summed E-state index contributed by atoms with van der Waals surface area (Å²) in [4.78, 5) is 21.6. The Morgan fingerprint density at radius 1 is 1.39 bits per heavy atom. The van der Waals surface area contributed by atoms with Crippen LogP contribution in [0.15, 0.2) is 40.8 Å². The van der Waals surface area contributed by atoms with E-state index in [1.54, 1.807) is 18.0 Å². The molecule has 0 saturated heterocycles. The summed E-state index contributed by atoms with van der Waals surface area (Å²) in [6, 6.07) is 5.48. The SMILES string of the molecule is CCSc1nc2n(n1)C(c1ccccn1)C1=C(CCCC1=O)N2. The summed E-state index contributed by atoms with van der Waals surface area (Å²) >= 11 is 1.59. The van der Waals surface area contributed by atoms with Gasteiger partial charge in [-0.25, -0.2) is 4.68 Å². The molecule has 1 unspecified atom stereocenters.